The van der Waals surface area contributed by atoms with Gasteiger partial charge in [0, 0.05) is 10.5 Å². The molecule has 2 aromatic rings. The topological polar surface area (TPSA) is 54.9 Å². The van der Waals surface area contributed by atoms with E-state index in [9.17, 15) is 9.59 Å². The Hall–Kier alpha value is -1.33. The van der Waals surface area contributed by atoms with Crippen molar-refractivity contribution in [2.24, 2.45) is 0 Å². The molecule has 1 N–H and O–H groups in total. The summed E-state index contributed by atoms with van der Waals surface area (Å²) in [6.07, 6.45) is 0. The van der Waals surface area contributed by atoms with Crippen molar-refractivity contribution in [2.75, 3.05) is 0 Å². The van der Waals surface area contributed by atoms with Crippen LogP contribution in [-0.2, 0) is 0 Å². The lowest BCUT2D eigenvalue weighted by Crippen LogP contribution is -2.32. The molecule has 16 heavy (non-hydrogen) atoms. The van der Waals surface area contributed by atoms with E-state index in [2.05, 4.69) is 20.9 Å². The van der Waals surface area contributed by atoms with Gasteiger partial charge in [-0.25, -0.2) is 9.36 Å². The summed E-state index contributed by atoms with van der Waals surface area (Å²) in [6.45, 7) is 0. The van der Waals surface area contributed by atoms with Crippen LogP contribution in [0.1, 0.15) is 0 Å². The molecule has 6 heteroatoms. The van der Waals surface area contributed by atoms with Gasteiger partial charge in [0.05, 0.1) is 5.69 Å². The van der Waals surface area contributed by atoms with Crippen LogP contribution >= 0.6 is 27.5 Å². The molecule has 0 saturated carbocycles. The summed E-state index contributed by atoms with van der Waals surface area (Å²) in [6, 6.07) is 7.97. The van der Waals surface area contributed by atoms with Crippen LogP contribution in [0.4, 0.5) is 0 Å². The molecule has 0 bridgehead atoms. The van der Waals surface area contributed by atoms with E-state index in [0.29, 0.717) is 5.69 Å². The zero-order valence-corrected chi connectivity index (χ0v) is 10.2. The predicted molar refractivity (Wildman–Crippen MR) is 65.4 cm³/mol. The Labute approximate surface area is 104 Å². The van der Waals surface area contributed by atoms with E-state index in [1.54, 1.807) is 24.3 Å². The minimum atomic E-state index is -0.556. The number of nitrogens with one attached hydrogen (secondary N) is 1. The number of halogens is 2. The molecule has 4 nitrogen and oxygen atoms in total. The van der Waals surface area contributed by atoms with Crippen molar-refractivity contribution in [1.82, 2.24) is 9.55 Å². The van der Waals surface area contributed by atoms with Crippen LogP contribution in [-0.4, -0.2) is 9.55 Å². The van der Waals surface area contributed by atoms with E-state index < -0.39 is 11.2 Å². The van der Waals surface area contributed by atoms with Gasteiger partial charge in [0.1, 0.15) is 5.15 Å². The lowest BCUT2D eigenvalue weighted by atomic mass is 10.3. The monoisotopic (exact) mass is 300 g/mol. The number of rotatable bonds is 1. The molecule has 0 atom stereocenters. The molecule has 1 heterocycles. The summed E-state index contributed by atoms with van der Waals surface area (Å²) in [5.41, 5.74) is -0.526. The Kier molecular flexibility index (Phi) is 2.98. The zero-order valence-electron chi connectivity index (χ0n) is 7.91. The Morgan fingerprint density at radius 3 is 2.38 bits per heavy atom. The molecule has 0 unspecified atom stereocenters. The van der Waals surface area contributed by atoms with Gasteiger partial charge < -0.3 is 0 Å². The second kappa shape index (κ2) is 4.27. The first kappa shape index (κ1) is 11.2. The number of hydrogen-bond donors (Lipinski definition) is 1. The van der Waals surface area contributed by atoms with Gasteiger partial charge in [-0.2, -0.15) is 0 Å². The third kappa shape index (κ3) is 2.10. The van der Waals surface area contributed by atoms with E-state index in [4.69, 9.17) is 11.6 Å². The maximum atomic E-state index is 11.6. The number of nitrogens with zero attached hydrogens (tertiary/aromatic N) is 1. The van der Waals surface area contributed by atoms with Crippen LogP contribution in [0.15, 0.2) is 44.4 Å². The number of aromatic amines is 1. The van der Waals surface area contributed by atoms with Gasteiger partial charge in [-0.3, -0.25) is 9.78 Å². The van der Waals surface area contributed by atoms with Crippen molar-refractivity contribution >= 4 is 27.5 Å². The first-order chi connectivity index (χ1) is 7.58. The van der Waals surface area contributed by atoms with E-state index >= 15 is 0 Å². The van der Waals surface area contributed by atoms with Gasteiger partial charge in [0.25, 0.3) is 5.56 Å². The first-order valence-electron chi connectivity index (χ1n) is 4.36. The molecule has 1 aromatic carbocycles. The van der Waals surface area contributed by atoms with E-state index in [0.717, 1.165) is 15.1 Å². The van der Waals surface area contributed by atoms with Crippen LogP contribution in [0.25, 0.3) is 5.69 Å². The molecule has 0 aliphatic heterocycles. The van der Waals surface area contributed by atoms with Crippen molar-refractivity contribution in [3.63, 3.8) is 0 Å². The Morgan fingerprint density at radius 1 is 1.19 bits per heavy atom. The molecule has 0 amide bonds. The molecule has 2 rings (SSSR count). The number of aromatic nitrogens is 2. The van der Waals surface area contributed by atoms with Crippen molar-refractivity contribution in [3.05, 3.63) is 60.8 Å². The third-order valence-electron chi connectivity index (χ3n) is 1.98. The Bertz CT molecular complexity index is 599. The van der Waals surface area contributed by atoms with Crippen LogP contribution in [0.5, 0.6) is 0 Å². The van der Waals surface area contributed by atoms with Crippen LogP contribution < -0.4 is 11.2 Å². The minimum Gasteiger partial charge on any atom is -0.297 e. The zero-order chi connectivity index (χ0) is 11.7. The highest BCUT2D eigenvalue weighted by Gasteiger charge is 2.05. The van der Waals surface area contributed by atoms with E-state index in [-0.39, 0.29) is 5.15 Å². The molecule has 82 valence electrons. The number of H-pyrrole nitrogens is 1. The summed E-state index contributed by atoms with van der Waals surface area (Å²) >= 11 is 8.83. The molecule has 0 aliphatic rings. The highest BCUT2D eigenvalue weighted by atomic mass is 79.9. The van der Waals surface area contributed by atoms with Gasteiger partial charge in [-0.15, -0.1) is 0 Å². The highest BCUT2D eigenvalue weighted by molar-refractivity contribution is 9.10. The third-order valence-corrected chi connectivity index (χ3v) is 2.72. The fraction of sp³-hybridized carbons (Fsp3) is 0. The largest absolute Gasteiger partial charge is 0.334 e. The van der Waals surface area contributed by atoms with E-state index in [1.807, 2.05) is 0 Å². The van der Waals surface area contributed by atoms with Crippen molar-refractivity contribution in [3.8, 4) is 5.69 Å². The van der Waals surface area contributed by atoms with Gasteiger partial charge >= 0.3 is 5.69 Å². The quantitative estimate of drug-likeness (QED) is 0.819. The van der Waals surface area contributed by atoms with Crippen LogP contribution in [0.2, 0.25) is 5.15 Å². The van der Waals surface area contributed by atoms with E-state index in [1.165, 1.54) is 0 Å². The fourth-order valence-corrected chi connectivity index (χ4v) is 1.74. The molecule has 0 spiro atoms. The molecular weight excluding hydrogens is 295 g/mol. The second-order valence-electron chi connectivity index (χ2n) is 3.07. The molecule has 0 saturated heterocycles. The fourth-order valence-electron chi connectivity index (χ4n) is 1.30. The average Bonchev–Trinajstić information content (AvgIpc) is 2.19. The lowest BCUT2D eigenvalue weighted by Gasteiger charge is -2.03. The van der Waals surface area contributed by atoms with Crippen LogP contribution in [0, 0.1) is 0 Å². The maximum Gasteiger partial charge on any atom is 0.334 e. The molecule has 0 aliphatic carbocycles. The van der Waals surface area contributed by atoms with Crippen molar-refractivity contribution in [2.45, 2.75) is 0 Å². The Balaban J connectivity index is 2.70. The molecule has 0 radical (unpaired) electrons. The van der Waals surface area contributed by atoms with Crippen molar-refractivity contribution in [1.29, 1.82) is 0 Å². The molecule has 1 aromatic heterocycles. The SMILES string of the molecule is O=c1cc(Cl)[nH]c(=O)n1-c1ccc(Br)cc1. The summed E-state index contributed by atoms with van der Waals surface area (Å²) in [4.78, 5) is 25.5. The highest BCUT2D eigenvalue weighted by Crippen LogP contribution is 2.11. The van der Waals surface area contributed by atoms with Gasteiger partial charge in [-0.05, 0) is 24.3 Å². The van der Waals surface area contributed by atoms with Gasteiger partial charge in [0.2, 0.25) is 0 Å². The minimum absolute atomic E-state index is 0.0309. The maximum absolute atomic E-state index is 11.6. The summed E-state index contributed by atoms with van der Waals surface area (Å²) in [5, 5.41) is 0.0309. The van der Waals surface area contributed by atoms with Gasteiger partial charge in [0.15, 0.2) is 0 Å². The summed E-state index contributed by atoms with van der Waals surface area (Å²) in [7, 11) is 0. The van der Waals surface area contributed by atoms with Crippen LogP contribution in [0.3, 0.4) is 0 Å². The summed E-state index contributed by atoms with van der Waals surface area (Å²) < 4.78 is 1.88. The van der Waals surface area contributed by atoms with Crippen molar-refractivity contribution < 1.29 is 0 Å². The number of benzene rings is 1. The number of hydrogen-bond acceptors (Lipinski definition) is 2. The standard InChI is InChI=1S/C10H6BrClN2O2/c11-6-1-3-7(4-2-6)14-9(15)5-8(12)13-10(14)16/h1-5H,(H,13,16). The smallest absolute Gasteiger partial charge is 0.297 e. The Morgan fingerprint density at radius 2 is 1.81 bits per heavy atom. The molecular formula is C10H6BrClN2O2. The lowest BCUT2D eigenvalue weighted by molar-refractivity contribution is 0.876. The summed E-state index contributed by atoms with van der Waals surface area (Å²) in [5.74, 6) is 0. The van der Waals surface area contributed by atoms with Gasteiger partial charge in [-0.1, -0.05) is 27.5 Å². The predicted octanol–water partition coefficient (Wildman–Crippen LogP) is 1.94. The normalized spacial score (nSPS) is 10.4. The second-order valence-corrected chi connectivity index (χ2v) is 4.40. The first-order valence-corrected chi connectivity index (χ1v) is 5.53. The average molecular weight is 302 g/mol. The molecule has 0 fully saturated rings.